The number of halogens is 3. The van der Waals surface area contributed by atoms with Crippen molar-refractivity contribution >= 4 is 46.4 Å². The number of anilines is 1. The minimum Gasteiger partial charge on any atom is -0.325 e. The van der Waals surface area contributed by atoms with Gasteiger partial charge in [-0.25, -0.2) is 0 Å². The fourth-order valence-electron chi connectivity index (χ4n) is 2.97. The van der Waals surface area contributed by atoms with Crippen LogP contribution in [-0.4, -0.2) is 48.4 Å². The van der Waals surface area contributed by atoms with Gasteiger partial charge >= 0.3 is 0 Å². The van der Waals surface area contributed by atoms with E-state index in [-0.39, 0.29) is 5.91 Å². The second-order valence-corrected chi connectivity index (χ2v) is 7.61. The van der Waals surface area contributed by atoms with E-state index in [1.807, 2.05) is 30.3 Å². The van der Waals surface area contributed by atoms with Gasteiger partial charge in [0, 0.05) is 43.4 Å². The summed E-state index contributed by atoms with van der Waals surface area (Å²) in [5.74, 6) is -0.0230. The number of benzene rings is 2. The SMILES string of the molecule is O=C(CN1CCN(Cc2ccc(Cl)c(Cl)c2)CC1)Nc1cccc(Cl)c1. The summed E-state index contributed by atoms with van der Waals surface area (Å²) in [5.41, 5.74) is 1.87. The van der Waals surface area contributed by atoms with Crippen molar-refractivity contribution < 1.29 is 4.79 Å². The zero-order valence-corrected chi connectivity index (χ0v) is 16.5. The molecule has 0 spiro atoms. The van der Waals surface area contributed by atoms with E-state index in [1.165, 1.54) is 0 Å². The summed E-state index contributed by atoms with van der Waals surface area (Å²) in [4.78, 5) is 16.7. The first-order valence-corrected chi connectivity index (χ1v) is 9.57. The topological polar surface area (TPSA) is 35.6 Å². The van der Waals surface area contributed by atoms with E-state index in [4.69, 9.17) is 34.8 Å². The van der Waals surface area contributed by atoms with Crippen LogP contribution in [0.1, 0.15) is 5.56 Å². The van der Waals surface area contributed by atoms with Crippen LogP contribution < -0.4 is 5.32 Å². The Kier molecular flexibility index (Phi) is 6.79. The van der Waals surface area contributed by atoms with Crippen molar-refractivity contribution in [2.24, 2.45) is 0 Å². The second-order valence-electron chi connectivity index (χ2n) is 6.36. The van der Waals surface area contributed by atoms with Crippen LogP contribution in [0.25, 0.3) is 0 Å². The first kappa shape index (κ1) is 19.5. The van der Waals surface area contributed by atoms with Gasteiger partial charge in [-0.3, -0.25) is 14.6 Å². The molecule has 2 aromatic rings. The van der Waals surface area contributed by atoms with E-state index in [0.717, 1.165) is 44.0 Å². The number of amides is 1. The Morgan fingerprint density at radius 2 is 1.65 bits per heavy atom. The summed E-state index contributed by atoms with van der Waals surface area (Å²) in [6, 6.07) is 12.9. The van der Waals surface area contributed by atoms with Gasteiger partial charge < -0.3 is 5.32 Å². The standard InChI is InChI=1S/C19H20Cl3N3O/c20-15-2-1-3-16(11-15)23-19(26)13-25-8-6-24(7-9-25)12-14-4-5-17(21)18(22)10-14/h1-5,10-11H,6-9,12-13H2,(H,23,26). The third-order valence-electron chi connectivity index (χ3n) is 4.33. The summed E-state index contributed by atoms with van der Waals surface area (Å²) in [6.45, 7) is 4.73. The number of hydrogen-bond donors (Lipinski definition) is 1. The average Bonchev–Trinajstić information content (AvgIpc) is 2.60. The molecule has 138 valence electrons. The van der Waals surface area contributed by atoms with Gasteiger partial charge in [-0.2, -0.15) is 0 Å². The molecule has 1 heterocycles. The molecular weight excluding hydrogens is 393 g/mol. The predicted octanol–water partition coefficient (Wildman–Crippen LogP) is 4.40. The molecule has 0 radical (unpaired) electrons. The van der Waals surface area contributed by atoms with Gasteiger partial charge in [0.25, 0.3) is 0 Å². The van der Waals surface area contributed by atoms with E-state index in [9.17, 15) is 4.79 Å². The molecule has 0 aromatic heterocycles. The smallest absolute Gasteiger partial charge is 0.238 e. The third kappa shape index (κ3) is 5.60. The molecule has 1 N–H and O–H groups in total. The Morgan fingerprint density at radius 1 is 0.923 bits per heavy atom. The van der Waals surface area contributed by atoms with E-state index in [0.29, 0.717) is 21.6 Å². The molecule has 2 aromatic carbocycles. The van der Waals surface area contributed by atoms with Crippen LogP contribution in [0, 0.1) is 0 Å². The number of piperazine rings is 1. The maximum atomic E-state index is 12.2. The molecule has 0 atom stereocenters. The summed E-state index contributed by atoms with van der Waals surface area (Å²) in [6.07, 6.45) is 0. The quantitative estimate of drug-likeness (QED) is 0.790. The normalized spacial score (nSPS) is 15.8. The van der Waals surface area contributed by atoms with Crippen LogP contribution in [0.3, 0.4) is 0 Å². The van der Waals surface area contributed by atoms with Crippen molar-refractivity contribution in [1.29, 1.82) is 0 Å². The van der Waals surface area contributed by atoms with Gasteiger partial charge in [0.15, 0.2) is 0 Å². The number of nitrogens with one attached hydrogen (secondary N) is 1. The van der Waals surface area contributed by atoms with Gasteiger partial charge in [-0.1, -0.05) is 46.9 Å². The molecule has 1 aliphatic heterocycles. The second kappa shape index (κ2) is 9.07. The lowest BCUT2D eigenvalue weighted by atomic mass is 10.2. The van der Waals surface area contributed by atoms with Crippen molar-refractivity contribution in [2.75, 3.05) is 38.0 Å². The molecule has 0 saturated carbocycles. The number of hydrogen-bond acceptors (Lipinski definition) is 3. The molecule has 1 saturated heterocycles. The Bertz CT molecular complexity index is 776. The van der Waals surface area contributed by atoms with Crippen LogP contribution in [0.2, 0.25) is 15.1 Å². The number of nitrogens with zero attached hydrogens (tertiary/aromatic N) is 2. The Morgan fingerprint density at radius 3 is 2.35 bits per heavy atom. The van der Waals surface area contributed by atoms with Crippen molar-refractivity contribution in [1.82, 2.24) is 9.80 Å². The van der Waals surface area contributed by atoms with Crippen LogP contribution in [0.5, 0.6) is 0 Å². The number of rotatable bonds is 5. The van der Waals surface area contributed by atoms with Crippen molar-refractivity contribution in [3.63, 3.8) is 0 Å². The lowest BCUT2D eigenvalue weighted by Gasteiger charge is -2.34. The van der Waals surface area contributed by atoms with Crippen LogP contribution in [0.4, 0.5) is 5.69 Å². The molecule has 4 nitrogen and oxygen atoms in total. The third-order valence-corrected chi connectivity index (χ3v) is 5.30. The van der Waals surface area contributed by atoms with E-state index in [1.54, 1.807) is 12.1 Å². The molecular formula is C19H20Cl3N3O. The molecule has 0 unspecified atom stereocenters. The summed E-state index contributed by atoms with van der Waals surface area (Å²) < 4.78 is 0. The summed E-state index contributed by atoms with van der Waals surface area (Å²) in [7, 11) is 0. The van der Waals surface area contributed by atoms with Gasteiger partial charge in [0.1, 0.15) is 0 Å². The first-order chi connectivity index (χ1) is 12.5. The minimum absolute atomic E-state index is 0.0230. The Labute approximate surface area is 168 Å². The highest BCUT2D eigenvalue weighted by Crippen LogP contribution is 2.23. The number of carbonyl (C=O) groups excluding carboxylic acids is 1. The molecule has 0 aliphatic carbocycles. The molecule has 7 heteroatoms. The first-order valence-electron chi connectivity index (χ1n) is 8.43. The molecule has 3 rings (SSSR count). The predicted molar refractivity (Wildman–Crippen MR) is 108 cm³/mol. The van der Waals surface area contributed by atoms with E-state index < -0.39 is 0 Å². The number of carbonyl (C=O) groups is 1. The van der Waals surface area contributed by atoms with Gasteiger partial charge in [0.2, 0.25) is 5.91 Å². The highest BCUT2D eigenvalue weighted by atomic mass is 35.5. The highest BCUT2D eigenvalue weighted by molar-refractivity contribution is 6.42. The van der Waals surface area contributed by atoms with Crippen molar-refractivity contribution in [3.05, 3.63) is 63.1 Å². The maximum absolute atomic E-state index is 12.2. The fourth-order valence-corrected chi connectivity index (χ4v) is 3.48. The minimum atomic E-state index is -0.0230. The lowest BCUT2D eigenvalue weighted by molar-refractivity contribution is -0.117. The highest BCUT2D eigenvalue weighted by Gasteiger charge is 2.19. The molecule has 1 fully saturated rings. The zero-order chi connectivity index (χ0) is 18.5. The van der Waals surface area contributed by atoms with E-state index >= 15 is 0 Å². The van der Waals surface area contributed by atoms with Crippen LogP contribution >= 0.6 is 34.8 Å². The fraction of sp³-hybridized carbons (Fsp3) is 0.316. The summed E-state index contributed by atoms with van der Waals surface area (Å²) in [5, 5.41) is 4.66. The lowest BCUT2D eigenvalue weighted by Crippen LogP contribution is -2.48. The monoisotopic (exact) mass is 411 g/mol. The molecule has 0 bridgehead atoms. The van der Waals surface area contributed by atoms with Gasteiger partial charge in [-0.05, 0) is 35.9 Å². The van der Waals surface area contributed by atoms with Crippen molar-refractivity contribution in [3.8, 4) is 0 Å². The van der Waals surface area contributed by atoms with Gasteiger partial charge in [0.05, 0.1) is 16.6 Å². The summed E-state index contributed by atoms with van der Waals surface area (Å²) >= 11 is 18.0. The van der Waals surface area contributed by atoms with Crippen molar-refractivity contribution in [2.45, 2.75) is 6.54 Å². The maximum Gasteiger partial charge on any atom is 0.238 e. The Balaban J connectivity index is 1.44. The average molecular weight is 413 g/mol. The molecule has 1 aliphatic rings. The largest absolute Gasteiger partial charge is 0.325 e. The van der Waals surface area contributed by atoms with Gasteiger partial charge in [-0.15, -0.1) is 0 Å². The molecule has 1 amide bonds. The molecule has 26 heavy (non-hydrogen) atoms. The van der Waals surface area contributed by atoms with Crippen LogP contribution in [-0.2, 0) is 11.3 Å². The van der Waals surface area contributed by atoms with Crippen LogP contribution in [0.15, 0.2) is 42.5 Å². The Hall–Kier alpha value is -1.30. The van der Waals surface area contributed by atoms with E-state index in [2.05, 4.69) is 15.1 Å². The zero-order valence-electron chi connectivity index (χ0n) is 14.2.